The van der Waals surface area contributed by atoms with E-state index in [2.05, 4.69) is 5.32 Å². The van der Waals surface area contributed by atoms with Crippen molar-refractivity contribution < 1.29 is 22.4 Å². The Balaban J connectivity index is 1.86. The van der Waals surface area contributed by atoms with Gasteiger partial charge in [-0.05, 0) is 49.2 Å². The van der Waals surface area contributed by atoms with Crippen molar-refractivity contribution in [2.24, 2.45) is 0 Å². The van der Waals surface area contributed by atoms with Gasteiger partial charge in [0, 0.05) is 25.2 Å². The highest BCUT2D eigenvalue weighted by Crippen LogP contribution is 2.22. The molecule has 0 bridgehead atoms. The lowest BCUT2D eigenvalue weighted by Crippen LogP contribution is -2.52. The van der Waals surface area contributed by atoms with Gasteiger partial charge >= 0.3 is 0 Å². The van der Waals surface area contributed by atoms with E-state index in [1.54, 1.807) is 25.1 Å². The summed E-state index contributed by atoms with van der Waals surface area (Å²) in [5.41, 5.74) is 0.231. The molecule has 36 heavy (non-hydrogen) atoms. The number of hydrogen-bond acceptors (Lipinski definition) is 4. The molecule has 0 fully saturated rings. The van der Waals surface area contributed by atoms with Crippen LogP contribution in [0.15, 0.2) is 71.6 Å². The van der Waals surface area contributed by atoms with Gasteiger partial charge in [-0.3, -0.25) is 9.59 Å². The van der Waals surface area contributed by atoms with Gasteiger partial charge in [0.1, 0.15) is 11.9 Å². The quantitative estimate of drug-likeness (QED) is 0.445. The topological polar surface area (TPSA) is 86.8 Å². The second-order valence-electron chi connectivity index (χ2n) is 8.88. The Bertz CT molecular complexity index is 1350. The molecule has 0 aliphatic rings. The van der Waals surface area contributed by atoms with E-state index in [1.165, 1.54) is 36.2 Å². The SMILES string of the molecule is CC[C@H](C)NC(=O)[C@H](C)N(Cc1ccccc1F)C(=O)CN(C)S(=O)(=O)c1ccc2ccccc2c1. The summed E-state index contributed by atoms with van der Waals surface area (Å²) in [6.45, 7) is 4.63. The van der Waals surface area contributed by atoms with Crippen LogP contribution in [-0.2, 0) is 26.2 Å². The summed E-state index contributed by atoms with van der Waals surface area (Å²) >= 11 is 0. The molecule has 2 atom stereocenters. The average molecular weight is 514 g/mol. The van der Waals surface area contributed by atoms with Crippen molar-refractivity contribution in [1.29, 1.82) is 0 Å². The molecule has 0 aliphatic carbocycles. The number of fused-ring (bicyclic) bond motifs is 1. The van der Waals surface area contributed by atoms with Crippen LogP contribution in [-0.4, -0.2) is 55.1 Å². The highest BCUT2D eigenvalue weighted by atomic mass is 32.2. The summed E-state index contributed by atoms with van der Waals surface area (Å²) in [6.07, 6.45) is 0.701. The molecule has 0 radical (unpaired) electrons. The van der Waals surface area contributed by atoms with Crippen molar-refractivity contribution in [2.75, 3.05) is 13.6 Å². The fourth-order valence-electron chi connectivity index (χ4n) is 3.73. The summed E-state index contributed by atoms with van der Waals surface area (Å²) in [5, 5.41) is 4.49. The van der Waals surface area contributed by atoms with Crippen LogP contribution in [0.2, 0.25) is 0 Å². The minimum atomic E-state index is -4.00. The zero-order valence-corrected chi connectivity index (χ0v) is 21.8. The molecular weight excluding hydrogens is 481 g/mol. The molecule has 0 saturated heterocycles. The molecule has 0 heterocycles. The zero-order chi connectivity index (χ0) is 26.5. The van der Waals surface area contributed by atoms with E-state index >= 15 is 0 Å². The maximum absolute atomic E-state index is 14.4. The molecule has 0 aliphatic heterocycles. The number of nitrogens with one attached hydrogen (secondary N) is 1. The van der Waals surface area contributed by atoms with Crippen molar-refractivity contribution in [2.45, 2.75) is 50.7 Å². The van der Waals surface area contributed by atoms with Crippen LogP contribution in [0, 0.1) is 5.82 Å². The second kappa shape index (κ2) is 11.6. The van der Waals surface area contributed by atoms with Crippen molar-refractivity contribution in [3.05, 3.63) is 78.1 Å². The van der Waals surface area contributed by atoms with Crippen molar-refractivity contribution in [3.8, 4) is 0 Å². The van der Waals surface area contributed by atoms with Gasteiger partial charge in [-0.25, -0.2) is 12.8 Å². The number of carbonyl (C=O) groups is 2. The monoisotopic (exact) mass is 513 g/mol. The molecule has 1 N–H and O–H groups in total. The number of carbonyl (C=O) groups excluding carboxylic acids is 2. The smallest absolute Gasteiger partial charge is 0.243 e. The Morgan fingerprint density at radius 3 is 2.28 bits per heavy atom. The number of nitrogens with zero attached hydrogens (tertiary/aromatic N) is 2. The van der Waals surface area contributed by atoms with E-state index in [4.69, 9.17) is 0 Å². The molecule has 2 amide bonds. The average Bonchev–Trinajstić information content (AvgIpc) is 2.87. The Morgan fingerprint density at radius 1 is 0.972 bits per heavy atom. The van der Waals surface area contributed by atoms with Crippen LogP contribution in [0.1, 0.15) is 32.8 Å². The van der Waals surface area contributed by atoms with E-state index in [0.717, 1.165) is 15.1 Å². The van der Waals surface area contributed by atoms with Gasteiger partial charge in [0.15, 0.2) is 0 Å². The third-order valence-electron chi connectivity index (χ3n) is 6.25. The summed E-state index contributed by atoms with van der Waals surface area (Å²) in [6, 6.07) is 17.1. The molecule has 0 saturated carbocycles. The molecule has 192 valence electrons. The molecule has 0 unspecified atom stereocenters. The molecule has 0 spiro atoms. The predicted octanol–water partition coefficient (Wildman–Crippen LogP) is 3.93. The van der Waals surface area contributed by atoms with Crippen LogP contribution < -0.4 is 5.32 Å². The third kappa shape index (κ3) is 6.27. The van der Waals surface area contributed by atoms with Crippen molar-refractivity contribution >= 4 is 32.6 Å². The summed E-state index contributed by atoms with van der Waals surface area (Å²) in [4.78, 5) is 27.5. The lowest BCUT2D eigenvalue weighted by Gasteiger charge is -2.31. The zero-order valence-electron chi connectivity index (χ0n) is 20.9. The van der Waals surface area contributed by atoms with E-state index in [0.29, 0.717) is 6.42 Å². The van der Waals surface area contributed by atoms with E-state index in [-0.39, 0.29) is 23.0 Å². The Hall–Kier alpha value is -3.30. The van der Waals surface area contributed by atoms with Crippen LogP contribution in [0.5, 0.6) is 0 Å². The number of rotatable bonds is 10. The van der Waals surface area contributed by atoms with Crippen LogP contribution in [0.25, 0.3) is 10.8 Å². The molecular formula is C27H32FN3O4S. The maximum atomic E-state index is 14.4. The van der Waals surface area contributed by atoms with Crippen LogP contribution in [0.4, 0.5) is 4.39 Å². The van der Waals surface area contributed by atoms with Crippen LogP contribution >= 0.6 is 0 Å². The predicted molar refractivity (Wildman–Crippen MR) is 138 cm³/mol. The van der Waals surface area contributed by atoms with E-state index in [1.807, 2.05) is 38.1 Å². The van der Waals surface area contributed by atoms with Gasteiger partial charge in [0.25, 0.3) is 0 Å². The Labute approximate surface area is 212 Å². The molecule has 0 aromatic heterocycles. The molecule has 3 rings (SSSR count). The summed E-state index contributed by atoms with van der Waals surface area (Å²) < 4.78 is 41.9. The second-order valence-corrected chi connectivity index (χ2v) is 10.9. The first-order valence-corrected chi connectivity index (χ1v) is 13.3. The van der Waals surface area contributed by atoms with Gasteiger partial charge < -0.3 is 10.2 Å². The number of sulfonamides is 1. The first-order chi connectivity index (χ1) is 17.0. The van der Waals surface area contributed by atoms with Gasteiger partial charge in [0.2, 0.25) is 21.8 Å². The van der Waals surface area contributed by atoms with Crippen molar-refractivity contribution in [1.82, 2.24) is 14.5 Å². The first kappa shape index (κ1) is 27.3. The summed E-state index contributed by atoms with van der Waals surface area (Å²) in [5.74, 6) is -1.52. The standard InChI is InChI=1S/C27H32FN3O4S/c1-5-19(2)29-27(33)20(3)31(17-23-12-8-9-13-25(23)28)26(32)18-30(4)36(34,35)24-15-14-21-10-6-7-11-22(21)16-24/h6-16,19-20H,5,17-18H2,1-4H3,(H,29,33)/t19-,20-/m0/s1. The Morgan fingerprint density at radius 2 is 1.61 bits per heavy atom. The maximum Gasteiger partial charge on any atom is 0.243 e. The molecule has 3 aromatic carbocycles. The largest absolute Gasteiger partial charge is 0.352 e. The highest BCUT2D eigenvalue weighted by molar-refractivity contribution is 7.89. The highest BCUT2D eigenvalue weighted by Gasteiger charge is 2.31. The first-order valence-electron chi connectivity index (χ1n) is 11.8. The third-order valence-corrected chi connectivity index (χ3v) is 8.05. The number of likely N-dealkylation sites (N-methyl/N-ethyl adjacent to an activating group) is 1. The normalized spacial score (nSPS) is 13.4. The van der Waals surface area contributed by atoms with Crippen molar-refractivity contribution in [3.63, 3.8) is 0 Å². The van der Waals surface area contributed by atoms with Gasteiger partial charge in [-0.15, -0.1) is 0 Å². The molecule has 3 aromatic rings. The van der Waals surface area contributed by atoms with Gasteiger partial charge in [-0.2, -0.15) is 4.31 Å². The lowest BCUT2D eigenvalue weighted by atomic mass is 10.1. The van der Waals surface area contributed by atoms with E-state index < -0.39 is 40.2 Å². The minimum Gasteiger partial charge on any atom is -0.352 e. The number of halogens is 1. The Kier molecular flexibility index (Phi) is 8.81. The summed E-state index contributed by atoms with van der Waals surface area (Å²) in [7, 11) is -2.68. The van der Waals surface area contributed by atoms with E-state index in [9.17, 15) is 22.4 Å². The molecule has 9 heteroatoms. The lowest BCUT2D eigenvalue weighted by molar-refractivity contribution is -0.140. The fourth-order valence-corrected chi connectivity index (χ4v) is 4.89. The fraction of sp³-hybridized carbons (Fsp3) is 0.333. The van der Waals surface area contributed by atoms with Crippen LogP contribution in [0.3, 0.4) is 0 Å². The molecule has 7 nitrogen and oxygen atoms in total. The number of amides is 2. The van der Waals surface area contributed by atoms with Gasteiger partial charge in [-0.1, -0.05) is 55.5 Å². The number of hydrogen-bond donors (Lipinski definition) is 1. The number of benzene rings is 3. The minimum absolute atomic E-state index is 0.0553. The van der Waals surface area contributed by atoms with Gasteiger partial charge in [0.05, 0.1) is 11.4 Å².